The molecule has 1 aliphatic heterocycles. The summed E-state index contributed by atoms with van der Waals surface area (Å²) >= 11 is 6.12. The van der Waals surface area contributed by atoms with E-state index in [0.717, 1.165) is 11.6 Å². The zero-order chi connectivity index (χ0) is 12.6. The lowest BCUT2D eigenvalue weighted by molar-refractivity contribution is -0.439. The van der Waals surface area contributed by atoms with Crippen LogP contribution in [0.5, 0.6) is 0 Å². The minimum Gasteiger partial charge on any atom is -1.00 e. The summed E-state index contributed by atoms with van der Waals surface area (Å²) in [6, 6.07) is 6.27. The van der Waals surface area contributed by atoms with Gasteiger partial charge in [0.25, 0.3) is 0 Å². The highest BCUT2D eigenvalue weighted by atomic mass is 127. The number of hydrogen-bond acceptors (Lipinski definition) is 0. The molecule has 100 valence electrons. The Morgan fingerprint density at radius 3 is 2.56 bits per heavy atom. The summed E-state index contributed by atoms with van der Waals surface area (Å²) in [6.45, 7) is 10.1. The lowest BCUT2D eigenvalue weighted by Gasteiger charge is -2.14. The minimum absolute atomic E-state index is 0. The summed E-state index contributed by atoms with van der Waals surface area (Å²) in [5.41, 5.74) is 4.24. The molecule has 0 amide bonds. The van der Waals surface area contributed by atoms with Gasteiger partial charge in [-0.1, -0.05) is 24.9 Å². The van der Waals surface area contributed by atoms with Crippen LogP contribution in [0.2, 0.25) is 5.02 Å². The summed E-state index contributed by atoms with van der Waals surface area (Å²) < 4.78 is 2.45. The fourth-order valence-electron chi connectivity index (χ4n) is 2.56. The molecule has 0 aromatic heterocycles. The van der Waals surface area contributed by atoms with Crippen molar-refractivity contribution in [1.29, 1.82) is 0 Å². The van der Waals surface area contributed by atoms with Gasteiger partial charge in [-0.05, 0) is 26.0 Å². The van der Waals surface area contributed by atoms with E-state index in [0.29, 0.717) is 0 Å². The van der Waals surface area contributed by atoms with E-state index in [9.17, 15) is 0 Å². The molecule has 0 atom stereocenters. The van der Waals surface area contributed by atoms with Gasteiger partial charge in [-0.25, -0.2) is 0 Å². The van der Waals surface area contributed by atoms with Crippen molar-refractivity contribution in [1.82, 2.24) is 0 Å². The third-order valence-electron chi connectivity index (χ3n) is 3.97. The van der Waals surface area contributed by atoms with Crippen molar-refractivity contribution in [3.05, 3.63) is 28.8 Å². The third kappa shape index (κ3) is 2.60. The topological polar surface area (TPSA) is 3.01 Å². The third-order valence-corrected chi connectivity index (χ3v) is 4.20. The van der Waals surface area contributed by atoms with Crippen LogP contribution < -0.4 is 24.0 Å². The molecular formula is C15H21ClIN. The van der Waals surface area contributed by atoms with Gasteiger partial charge in [-0.15, -0.1) is 0 Å². The van der Waals surface area contributed by atoms with Crippen molar-refractivity contribution >= 4 is 23.0 Å². The van der Waals surface area contributed by atoms with E-state index in [2.05, 4.69) is 44.4 Å². The van der Waals surface area contributed by atoms with E-state index < -0.39 is 0 Å². The number of benzene rings is 1. The standard InChI is InChI=1S/C15H21ClN.HI/c1-5-6-9-17-11(2)15(3,4)13-10-12(16)7-8-14(13)17;/h7-8,10H,5-6,9H2,1-4H3;1H/q+1;/p-1. The second kappa shape index (κ2) is 5.91. The Morgan fingerprint density at radius 2 is 1.94 bits per heavy atom. The molecule has 1 aliphatic rings. The molecule has 1 heterocycles. The maximum absolute atomic E-state index is 6.12. The first-order valence-electron chi connectivity index (χ1n) is 6.40. The van der Waals surface area contributed by atoms with Crippen LogP contribution in [0.4, 0.5) is 5.69 Å². The molecule has 0 bridgehead atoms. The number of halogens is 2. The highest BCUT2D eigenvalue weighted by molar-refractivity contribution is 6.30. The Balaban J connectivity index is 0.00000162. The maximum atomic E-state index is 6.12. The molecule has 0 saturated heterocycles. The van der Waals surface area contributed by atoms with Gasteiger partial charge in [-0.2, -0.15) is 4.58 Å². The average Bonchev–Trinajstić information content (AvgIpc) is 2.47. The molecular weight excluding hydrogens is 357 g/mol. The molecule has 1 aromatic carbocycles. The second-order valence-electron chi connectivity index (χ2n) is 5.38. The Hall–Kier alpha value is -0.0900. The van der Waals surface area contributed by atoms with Gasteiger partial charge in [-0.3, -0.25) is 0 Å². The van der Waals surface area contributed by atoms with Crippen molar-refractivity contribution < 1.29 is 28.6 Å². The predicted molar refractivity (Wildman–Crippen MR) is 74.9 cm³/mol. The SMILES string of the molecule is CCCC[N+]1=C(C)C(C)(C)c2cc(Cl)ccc21.[I-]. The van der Waals surface area contributed by atoms with Crippen LogP contribution in [0.15, 0.2) is 18.2 Å². The van der Waals surface area contributed by atoms with Crippen LogP contribution in [-0.4, -0.2) is 16.8 Å². The molecule has 0 saturated carbocycles. The maximum Gasteiger partial charge on any atom is 0.209 e. The average molecular weight is 378 g/mol. The quantitative estimate of drug-likeness (QED) is 0.555. The molecule has 2 rings (SSSR count). The Morgan fingerprint density at radius 1 is 1.28 bits per heavy atom. The largest absolute Gasteiger partial charge is 1.00 e. The van der Waals surface area contributed by atoms with Crippen LogP contribution in [0.3, 0.4) is 0 Å². The molecule has 3 heteroatoms. The van der Waals surface area contributed by atoms with Crippen molar-refractivity contribution in [2.24, 2.45) is 0 Å². The molecule has 18 heavy (non-hydrogen) atoms. The van der Waals surface area contributed by atoms with E-state index in [1.54, 1.807) is 0 Å². The van der Waals surface area contributed by atoms with Gasteiger partial charge in [0, 0.05) is 30.0 Å². The summed E-state index contributed by atoms with van der Waals surface area (Å²) in [5.74, 6) is 0. The molecule has 1 aromatic rings. The molecule has 0 N–H and O–H groups in total. The summed E-state index contributed by atoms with van der Waals surface area (Å²) in [7, 11) is 0. The van der Waals surface area contributed by atoms with Gasteiger partial charge in [0.2, 0.25) is 5.69 Å². The molecule has 0 aliphatic carbocycles. The highest BCUT2D eigenvalue weighted by Crippen LogP contribution is 2.40. The summed E-state index contributed by atoms with van der Waals surface area (Å²) in [5, 5.41) is 0.835. The van der Waals surface area contributed by atoms with E-state index in [4.69, 9.17) is 11.6 Å². The van der Waals surface area contributed by atoms with Gasteiger partial charge in [0.05, 0.1) is 5.41 Å². The smallest absolute Gasteiger partial charge is 0.209 e. The van der Waals surface area contributed by atoms with Crippen molar-refractivity contribution in [2.75, 3.05) is 6.54 Å². The van der Waals surface area contributed by atoms with Gasteiger partial charge >= 0.3 is 0 Å². The van der Waals surface area contributed by atoms with Crippen LogP contribution in [-0.2, 0) is 5.41 Å². The molecule has 0 fully saturated rings. The van der Waals surface area contributed by atoms with E-state index >= 15 is 0 Å². The van der Waals surface area contributed by atoms with Crippen molar-refractivity contribution in [3.8, 4) is 0 Å². The molecule has 1 nitrogen and oxygen atoms in total. The monoisotopic (exact) mass is 377 g/mol. The predicted octanol–water partition coefficient (Wildman–Crippen LogP) is 1.54. The lowest BCUT2D eigenvalue weighted by Crippen LogP contribution is -3.00. The van der Waals surface area contributed by atoms with Crippen LogP contribution in [0, 0.1) is 0 Å². The van der Waals surface area contributed by atoms with Gasteiger partial charge < -0.3 is 24.0 Å². The van der Waals surface area contributed by atoms with Gasteiger partial charge in [0.15, 0.2) is 5.71 Å². The summed E-state index contributed by atoms with van der Waals surface area (Å²) in [4.78, 5) is 0. The van der Waals surface area contributed by atoms with Crippen molar-refractivity contribution in [2.45, 2.75) is 46.0 Å². The van der Waals surface area contributed by atoms with E-state index in [-0.39, 0.29) is 29.4 Å². The number of hydrogen-bond donors (Lipinski definition) is 0. The fraction of sp³-hybridized carbons (Fsp3) is 0.533. The zero-order valence-electron chi connectivity index (χ0n) is 11.6. The van der Waals surface area contributed by atoms with E-state index in [1.165, 1.54) is 29.8 Å². The zero-order valence-corrected chi connectivity index (χ0v) is 14.5. The normalized spacial score (nSPS) is 16.5. The first-order valence-corrected chi connectivity index (χ1v) is 6.78. The number of fused-ring (bicyclic) bond motifs is 1. The lowest BCUT2D eigenvalue weighted by atomic mass is 9.82. The second-order valence-corrected chi connectivity index (χ2v) is 5.81. The minimum atomic E-state index is 0. The Labute approximate surface area is 132 Å². The molecule has 0 radical (unpaired) electrons. The number of nitrogens with zero attached hydrogens (tertiary/aromatic N) is 1. The number of unbranched alkanes of at least 4 members (excludes halogenated alkanes) is 1. The molecule has 0 spiro atoms. The van der Waals surface area contributed by atoms with Crippen LogP contribution in [0.1, 0.15) is 46.1 Å². The Bertz CT molecular complexity index is 477. The highest BCUT2D eigenvalue weighted by Gasteiger charge is 2.42. The van der Waals surface area contributed by atoms with Crippen LogP contribution in [0.25, 0.3) is 0 Å². The fourth-order valence-corrected chi connectivity index (χ4v) is 2.73. The number of rotatable bonds is 3. The molecule has 0 unspecified atom stereocenters. The van der Waals surface area contributed by atoms with E-state index in [1.807, 2.05) is 6.07 Å². The Kier molecular flexibility index (Phi) is 5.24. The first kappa shape index (κ1) is 16.0. The van der Waals surface area contributed by atoms with Gasteiger partial charge in [0.1, 0.15) is 6.54 Å². The van der Waals surface area contributed by atoms with Crippen LogP contribution >= 0.6 is 11.6 Å². The first-order chi connectivity index (χ1) is 7.98. The van der Waals surface area contributed by atoms with Crippen molar-refractivity contribution in [3.63, 3.8) is 0 Å². The summed E-state index contributed by atoms with van der Waals surface area (Å²) in [6.07, 6.45) is 2.46.